The van der Waals surface area contributed by atoms with Crippen molar-refractivity contribution in [1.82, 2.24) is 14.7 Å². The minimum atomic E-state index is -4.84. The van der Waals surface area contributed by atoms with Crippen LogP contribution in [0.3, 0.4) is 0 Å². The molecule has 2 aromatic rings. The molecule has 170 valence electrons. The Kier molecular flexibility index (Phi) is 7.23. The molecule has 9 heteroatoms. The van der Waals surface area contributed by atoms with E-state index < -0.39 is 23.4 Å². The number of halogens is 3. The van der Waals surface area contributed by atoms with E-state index in [-0.39, 0.29) is 30.8 Å². The molecule has 1 aromatic heterocycles. The van der Waals surface area contributed by atoms with E-state index in [0.717, 1.165) is 38.3 Å². The van der Waals surface area contributed by atoms with Crippen LogP contribution >= 0.6 is 0 Å². The smallest absolute Gasteiger partial charge is 0.434 e. The van der Waals surface area contributed by atoms with Crippen LogP contribution in [-0.2, 0) is 10.9 Å². The lowest BCUT2D eigenvalue weighted by atomic mass is 9.93. The van der Waals surface area contributed by atoms with Crippen LogP contribution < -0.4 is 0 Å². The number of benzene rings is 1. The van der Waals surface area contributed by atoms with Crippen molar-refractivity contribution < 1.29 is 27.5 Å². The maximum Gasteiger partial charge on any atom is 0.434 e. The average molecular weight is 447 g/mol. The summed E-state index contributed by atoms with van der Waals surface area (Å²) in [6, 6.07) is 5.66. The summed E-state index contributed by atoms with van der Waals surface area (Å²) in [6.45, 7) is 1.61. The maximum atomic E-state index is 13.7. The molecule has 1 aliphatic rings. The summed E-state index contributed by atoms with van der Waals surface area (Å²) in [7, 11) is 0. The quantitative estimate of drug-likeness (QED) is 0.484. The molecule has 1 fully saturated rings. The number of carbonyl (C=O) groups excluding carboxylic acids is 2. The van der Waals surface area contributed by atoms with Crippen molar-refractivity contribution in [3.05, 3.63) is 47.3 Å². The van der Waals surface area contributed by atoms with Gasteiger partial charge in [0.2, 0.25) is 0 Å². The van der Waals surface area contributed by atoms with Crippen LogP contribution in [0, 0.1) is 12.3 Å². The van der Waals surface area contributed by atoms with Gasteiger partial charge in [0, 0.05) is 11.6 Å². The van der Waals surface area contributed by atoms with Gasteiger partial charge in [-0.15, -0.1) is 6.42 Å². The zero-order chi connectivity index (χ0) is 23.3. The number of ether oxygens (including phenoxy) is 1. The van der Waals surface area contributed by atoms with E-state index in [1.165, 1.54) is 31.2 Å². The third-order valence-electron chi connectivity index (χ3n) is 5.43. The molecule has 3 rings (SSSR count). The number of carbonyl (C=O) groups is 2. The molecule has 0 N–H and O–H groups in total. The molecular formula is C23H24F3N3O3. The monoisotopic (exact) mass is 447 g/mol. The predicted molar refractivity (Wildman–Crippen MR) is 111 cm³/mol. The molecule has 1 saturated carbocycles. The lowest BCUT2D eigenvalue weighted by Crippen LogP contribution is -2.41. The third-order valence-corrected chi connectivity index (χ3v) is 5.43. The molecule has 0 unspecified atom stereocenters. The first-order valence-corrected chi connectivity index (χ1v) is 10.4. The summed E-state index contributed by atoms with van der Waals surface area (Å²) in [5.41, 5.74) is -1.52. The van der Waals surface area contributed by atoms with Gasteiger partial charge < -0.3 is 9.64 Å². The van der Waals surface area contributed by atoms with Gasteiger partial charge >= 0.3 is 12.1 Å². The minimum absolute atomic E-state index is 0.0575. The van der Waals surface area contributed by atoms with E-state index in [9.17, 15) is 22.8 Å². The molecule has 0 atom stereocenters. The number of esters is 1. The van der Waals surface area contributed by atoms with Gasteiger partial charge in [0.1, 0.15) is 5.56 Å². The highest BCUT2D eigenvalue weighted by Gasteiger charge is 2.41. The number of nitrogens with zero attached hydrogens (tertiary/aromatic N) is 3. The van der Waals surface area contributed by atoms with Crippen molar-refractivity contribution in [2.24, 2.45) is 0 Å². The Balaban J connectivity index is 1.90. The molecule has 32 heavy (non-hydrogen) atoms. The SMILES string of the molecule is C#CCN(C(=O)c1ccc(-n2ncc(C(=O)OCC)c2C(F)(F)F)cc1)C1CCCCC1. The number of hydrogen-bond acceptors (Lipinski definition) is 4. The Morgan fingerprint density at radius 2 is 1.88 bits per heavy atom. The normalized spacial score (nSPS) is 14.6. The first-order chi connectivity index (χ1) is 15.3. The maximum absolute atomic E-state index is 13.7. The van der Waals surface area contributed by atoms with Gasteiger partial charge in [0.05, 0.1) is 25.0 Å². The second-order valence-corrected chi connectivity index (χ2v) is 7.51. The number of amides is 1. The van der Waals surface area contributed by atoms with Crippen molar-refractivity contribution in [1.29, 1.82) is 0 Å². The minimum Gasteiger partial charge on any atom is -0.462 e. The van der Waals surface area contributed by atoms with Crippen LogP contribution in [0.1, 0.15) is 65.4 Å². The molecule has 1 aliphatic carbocycles. The number of aromatic nitrogens is 2. The van der Waals surface area contributed by atoms with Crippen molar-refractivity contribution in [3.8, 4) is 18.0 Å². The topological polar surface area (TPSA) is 64.4 Å². The molecule has 0 spiro atoms. The first kappa shape index (κ1) is 23.4. The van der Waals surface area contributed by atoms with Crippen LogP contribution in [0.15, 0.2) is 30.5 Å². The standard InChI is InChI=1S/C23H24F3N3O3/c1-3-14-28(17-8-6-5-7-9-17)21(30)16-10-12-18(13-11-16)29-20(23(24,25)26)19(15-27-29)22(31)32-4-2/h1,10-13,15,17H,4-9,14H2,2H3. The van der Waals surface area contributed by atoms with E-state index in [4.69, 9.17) is 11.2 Å². The van der Waals surface area contributed by atoms with Crippen molar-refractivity contribution in [2.75, 3.05) is 13.2 Å². The predicted octanol–water partition coefficient (Wildman–Crippen LogP) is 4.48. The van der Waals surface area contributed by atoms with E-state index >= 15 is 0 Å². The molecule has 1 amide bonds. The zero-order valence-corrected chi connectivity index (χ0v) is 17.7. The fourth-order valence-corrected chi connectivity index (χ4v) is 3.94. The largest absolute Gasteiger partial charge is 0.462 e. The van der Waals surface area contributed by atoms with Crippen LogP contribution in [-0.4, -0.2) is 45.8 Å². The van der Waals surface area contributed by atoms with Crippen molar-refractivity contribution >= 4 is 11.9 Å². The average Bonchev–Trinajstić information content (AvgIpc) is 3.24. The van der Waals surface area contributed by atoms with Gasteiger partial charge in [0.15, 0.2) is 5.69 Å². The fraction of sp³-hybridized carbons (Fsp3) is 0.435. The van der Waals surface area contributed by atoms with Gasteiger partial charge in [0.25, 0.3) is 5.91 Å². The summed E-state index contributed by atoms with van der Waals surface area (Å²) in [6.07, 6.45) is 6.40. The van der Waals surface area contributed by atoms with Crippen LogP contribution in [0.25, 0.3) is 5.69 Å². The Morgan fingerprint density at radius 1 is 1.22 bits per heavy atom. The molecule has 0 bridgehead atoms. The Morgan fingerprint density at radius 3 is 2.44 bits per heavy atom. The molecule has 1 aromatic carbocycles. The Bertz CT molecular complexity index is 1000. The molecule has 0 saturated heterocycles. The van der Waals surface area contributed by atoms with Crippen molar-refractivity contribution in [2.45, 2.75) is 51.2 Å². The molecule has 0 aliphatic heterocycles. The van der Waals surface area contributed by atoms with Crippen LogP contribution in [0.2, 0.25) is 0 Å². The summed E-state index contributed by atoms with van der Waals surface area (Å²) in [5, 5.41) is 3.74. The van der Waals surface area contributed by atoms with Gasteiger partial charge in [-0.1, -0.05) is 25.2 Å². The second kappa shape index (κ2) is 9.90. The van der Waals surface area contributed by atoms with E-state index in [0.29, 0.717) is 10.2 Å². The Hall–Kier alpha value is -3.28. The second-order valence-electron chi connectivity index (χ2n) is 7.51. The molecule has 6 nitrogen and oxygen atoms in total. The highest BCUT2D eigenvalue weighted by molar-refractivity contribution is 5.95. The number of hydrogen-bond donors (Lipinski definition) is 0. The van der Waals surface area contributed by atoms with Crippen LogP contribution in [0.5, 0.6) is 0 Å². The van der Waals surface area contributed by atoms with E-state index in [1.54, 1.807) is 4.90 Å². The molecule has 1 heterocycles. The lowest BCUT2D eigenvalue weighted by molar-refractivity contribution is -0.143. The summed E-state index contributed by atoms with van der Waals surface area (Å²) >= 11 is 0. The first-order valence-electron chi connectivity index (χ1n) is 10.4. The van der Waals surface area contributed by atoms with Crippen molar-refractivity contribution in [3.63, 3.8) is 0 Å². The fourth-order valence-electron chi connectivity index (χ4n) is 3.94. The van der Waals surface area contributed by atoms with Gasteiger partial charge in [-0.05, 0) is 44.0 Å². The zero-order valence-electron chi connectivity index (χ0n) is 17.7. The number of terminal acetylenes is 1. The summed E-state index contributed by atoms with van der Waals surface area (Å²) < 4.78 is 46.4. The molecule has 0 radical (unpaired) electrons. The summed E-state index contributed by atoms with van der Waals surface area (Å²) in [4.78, 5) is 26.6. The van der Waals surface area contributed by atoms with E-state index in [1.807, 2.05) is 0 Å². The lowest BCUT2D eigenvalue weighted by Gasteiger charge is -2.33. The number of alkyl halides is 3. The highest BCUT2D eigenvalue weighted by atomic mass is 19.4. The summed E-state index contributed by atoms with van der Waals surface area (Å²) in [5.74, 6) is 1.16. The number of rotatable bonds is 6. The third kappa shape index (κ3) is 4.96. The van der Waals surface area contributed by atoms with Gasteiger partial charge in [-0.25, -0.2) is 9.48 Å². The van der Waals surface area contributed by atoms with Gasteiger partial charge in [-0.3, -0.25) is 4.79 Å². The van der Waals surface area contributed by atoms with Gasteiger partial charge in [-0.2, -0.15) is 18.3 Å². The Labute approximate surface area is 184 Å². The molecular weight excluding hydrogens is 423 g/mol. The highest BCUT2D eigenvalue weighted by Crippen LogP contribution is 2.34. The van der Waals surface area contributed by atoms with E-state index in [2.05, 4.69) is 11.0 Å². The van der Waals surface area contributed by atoms with Crippen LogP contribution in [0.4, 0.5) is 13.2 Å².